The number of rotatable bonds is 6. The zero-order valence-electron chi connectivity index (χ0n) is 15.3. The molecule has 140 valence electrons. The first-order chi connectivity index (χ1) is 11.3. The van der Waals surface area contributed by atoms with Gasteiger partial charge >= 0.3 is 0 Å². The fraction of sp³-hybridized carbons (Fsp3) is 0.579. The molecule has 25 heavy (non-hydrogen) atoms. The Kier molecular flexibility index (Phi) is 7.90. The van der Waals surface area contributed by atoms with Crippen molar-refractivity contribution in [3.63, 3.8) is 0 Å². The number of piperidine rings is 1. The van der Waals surface area contributed by atoms with E-state index in [0.717, 1.165) is 12.2 Å². The number of Topliss-reactive ketones (excluding diaryl/α,β-unsaturated/α-hetero) is 1. The van der Waals surface area contributed by atoms with Crippen molar-refractivity contribution in [2.24, 2.45) is 11.1 Å². The Morgan fingerprint density at radius 1 is 1.24 bits per heavy atom. The molecular weight excluding hydrogens is 340 g/mol. The van der Waals surface area contributed by atoms with Crippen LogP contribution in [0.2, 0.25) is 0 Å². The van der Waals surface area contributed by atoms with Crippen LogP contribution >= 0.6 is 12.4 Å². The van der Waals surface area contributed by atoms with E-state index in [2.05, 4.69) is 13.8 Å². The Hall–Kier alpha value is -1.59. The number of ketones is 1. The molecule has 5 nitrogen and oxygen atoms in total. The monoisotopic (exact) mass is 368 g/mol. The van der Waals surface area contributed by atoms with Gasteiger partial charge in [0.2, 0.25) is 5.91 Å². The molecule has 1 aliphatic rings. The summed E-state index contributed by atoms with van der Waals surface area (Å²) >= 11 is 0. The number of amides is 1. The lowest BCUT2D eigenvalue weighted by Gasteiger charge is -2.42. The maximum absolute atomic E-state index is 12.4. The Morgan fingerprint density at radius 3 is 2.44 bits per heavy atom. The van der Waals surface area contributed by atoms with E-state index in [1.165, 1.54) is 0 Å². The third kappa shape index (κ3) is 5.72. The molecule has 1 unspecified atom stereocenters. The zero-order chi connectivity index (χ0) is 17.7. The van der Waals surface area contributed by atoms with Crippen molar-refractivity contribution >= 4 is 24.1 Å². The molecule has 1 saturated heterocycles. The number of benzene rings is 1. The molecule has 1 aromatic rings. The van der Waals surface area contributed by atoms with Crippen LogP contribution in [-0.2, 0) is 4.79 Å². The van der Waals surface area contributed by atoms with E-state index in [9.17, 15) is 9.59 Å². The molecule has 1 heterocycles. The van der Waals surface area contributed by atoms with Crippen LogP contribution in [0.25, 0.3) is 0 Å². The van der Waals surface area contributed by atoms with Gasteiger partial charge in [-0.1, -0.05) is 13.8 Å². The molecule has 2 rings (SSSR count). The van der Waals surface area contributed by atoms with Gasteiger partial charge in [0.15, 0.2) is 5.78 Å². The first-order valence-corrected chi connectivity index (χ1v) is 8.63. The van der Waals surface area contributed by atoms with Crippen molar-refractivity contribution in [2.45, 2.75) is 46.1 Å². The minimum absolute atomic E-state index is 0. The third-order valence-electron chi connectivity index (χ3n) is 4.72. The number of nitrogens with two attached hydrogens (primary N) is 1. The summed E-state index contributed by atoms with van der Waals surface area (Å²) in [5.41, 5.74) is 6.65. The van der Waals surface area contributed by atoms with E-state index < -0.39 is 0 Å². The van der Waals surface area contributed by atoms with Crippen molar-refractivity contribution in [3.8, 4) is 5.75 Å². The number of hydrogen-bond acceptors (Lipinski definition) is 4. The molecule has 0 aromatic heterocycles. The van der Waals surface area contributed by atoms with E-state index in [1.54, 1.807) is 24.3 Å². The molecule has 0 radical (unpaired) electrons. The predicted octanol–water partition coefficient (Wildman–Crippen LogP) is 3.06. The fourth-order valence-electron chi connectivity index (χ4n) is 3.01. The van der Waals surface area contributed by atoms with Crippen LogP contribution in [0.3, 0.4) is 0 Å². The van der Waals surface area contributed by atoms with Gasteiger partial charge in [0.1, 0.15) is 5.75 Å². The summed E-state index contributed by atoms with van der Waals surface area (Å²) < 4.78 is 5.36. The molecule has 1 aromatic carbocycles. The lowest BCUT2D eigenvalue weighted by Crippen LogP contribution is -2.54. The predicted molar refractivity (Wildman–Crippen MR) is 101 cm³/mol. The number of carbonyl (C=O) groups excluding carboxylic acids is 2. The highest BCUT2D eigenvalue weighted by atomic mass is 35.5. The second-order valence-electron chi connectivity index (χ2n) is 7.08. The van der Waals surface area contributed by atoms with Gasteiger partial charge in [0, 0.05) is 37.5 Å². The summed E-state index contributed by atoms with van der Waals surface area (Å²) in [5, 5.41) is 0. The summed E-state index contributed by atoms with van der Waals surface area (Å²) in [7, 11) is 0. The number of carbonyl (C=O) groups is 2. The quantitative estimate of drug-likeness (QED) is 0.783. The minimum atomic E-state index is -0.0764. The SMILES string of the molecule is CCOc1ccc(C(=O)CCC(=O)N2CCC(N)C(C)(C)C2)cc1.Cl. The first-order valence-electron chi connectivity index (χ1n) is 8.63. The lowest BCUT2D eigenvalue weighted by atomic mass is 9.79. The highest BCUT2D eigenvalue weighted by molar-refractivity contribution is 5.98. The average molecular weight is 369 g/mol. The highest BCUT2D eigenvalue weighted by Crippen LogP contribution is 2.28. The normalized spacial score (nSPS) is 19.0. The largest absolute Gasteiger partial charge is 0.494 e. The van der Waals surface area contributed by atoms with E-state index in [0.29, 0.717) is 25.3 Å². The van der Waals surface area contributed by atoms with Gasteiger partial charge in [-0.15, -0.1) is 12.4 Å². The van der Waals surface area contributed by atoms with Crippen molar-refractivity contribution < 1.29 is 14.3 Å². The molecule has 1 amide bonds. The van der Waals surface area contributed by atoms with E-state index in [-0.39, 0.29) is 48.4 Å². The third-order valence-corrected chi connectivity index (χ3v) is 4.72. The van der Waals surface area contributed by atoms with Crippen LogP contribution < -0.4 is 10.5 Å². The van der Waals surface area contributed by atoms with Gasteiger partial charge < -0.3 is 15.4 Å². The number of nitrogens with zero attached hydrogens (tertiary/aromatic N) is 1. The summed E-state index contributed by atoms with van der Waals surface area (Å²) in [6.45, 7) is 8.02. The van der Waals surface area contributed by atoms with Gasteiger partial charge in [0.25, 0.3) is 0 Å². The maximum atomic E-state index is 12.4. The Bertz CT molecular complexity index is 587. The lowest BCUT2D eigenvalue weighted by molar-refractivity contribution is -0.134. The first kappa shape index (κ1) is 21.5. The molecule has 2 N–H and O–H groups in total. The second-order valence-corrected chi connectivity index (χ2v) is 7.08. The number of ether oxygens (including phenoxy) is 1. The Morgan fingerprint density at radius 2 is 1.88 bits per heavy atom. The molecule has 1 fully saturated rings. The van der Waals surface area contributed by atoms with Crippen LogP contribution in [0.1, 0.15) is 50.4 Å². The molecule has 0 saturated carbocycles. The standard InChI is InChI=1S/C19H28N2O3.ClH/c1-4-24-15-7-5-14(6-8-15)16(22)9-10-18(23)21-12-11-17(20)19(2,3)13-21;/h5-8,17H,4,9-13,20H2,1-3H3;1H. The van der Waals surface area contributed by atoms with Crippen molar-refractivity contribution in [1.29, 1.82) is 0 Å². The second kappa shape index (κ2) is 9.20. The molecule has 0 spiro atoms. The summed E-state index contributed by atoms with van der Waals surface area (Å²) in [4.78, 5) is 26.5. The molecule has 0 aliphatic carbocycles. The summed E-state index contributed by atoms with van der Waals surface area (Å²) in [6, 6.07) is 7.19. The van der Waals surface area contributed by atoms with E-state index in [4.69, 9.17) is 10.5 Å². The van der Waals surface area contributed by atoms with Gasteiger partial charge in [-0.25, -0.2) is 0 Å². The number of hydrogen-bond donors (Lipinski definition) is 1. The fourth-order valence-corrected chi connectivity index (χ4v) is 3.01. The molecule has 1 aliphatic heterocycles. The topological polar surface area (TPSA) is 72.6 Å². The van der Waals surface area contributed by atoms with Crippen LogP contribution in [0.4, 0.5) is 0 Å². The molecule has 1 atom stereocenters. The van der Waals surface area contributed by atoms with Crippen molar-refractivity contribution in [1.82, 2.24) is 4.90 Å². The van der Waals surface area contributed by atoms with Crippen LogP contribution in [0.5, 0.6) is 5.75 Å². The molecular formula is C19H29ClN2O3. The van der Waals surface area contributed by atoms with Gasteiger partial charge in [-0.3, -0.25) is 9.59 Å². The molecule has 0 bridgehead atoms. The molecule has 6 heteroatoms. The van der Waals surface area contributed by atoms with Gasteiger partial charge in [-0.2, -0.15) is 0 Å². The smallest absolute Gasteiger partial charge is 0.223 e. The maximum Gasteiger partial charge on any atom is 0.223 e. The van der Waals surface area contributed by atoms with E-state index in [1.807, 2.05) is 11.8 Å². The van der Waals surface area contributed by atoms with Crippen molar-refractivity contribution in [2.75, 3.05) is 19.7 Å². The summed E-state index contributed by atoms with van der Waals surface area (Å²) in [5.74, 6) is 0.769. The van der Waals surface area contributed by atoms with Gasteiger partial charge in [0.05, 0.1) is 6.61 Å². The summed E-state index contributed by atoms with van der Waals surface area (Å²) in [6.07, 6.45) is 1.29. The van der Waals surface area contributed by atoms with Crippen LogP contribution in [0, 0.1) is 5.41 Å². The Labute approximate surface area is 156 Å². The van der Waals surface area contributed by atoms with Gasteiger partial charge in [-0.05, 0) is 43.0 Å². The zero-order valence-corrected chi connectivity index (χ0v) is 16.1. The number of likely N-dealkylation sites (tertiary alicyclic amines) is 1. The highest BCUT2D eigenvalue weighted by Gasteiger charge is 2.35. The number of halogens is 1. The minimum Gasteiger partial charge on any atom is -0.494 e. The Balaban J connectivity index is 0.00000312. The van der Waals surface area contributed by atoms with E-state index >= 15 is 0 Å². The van der Waals surface area contributed by atoms with Crippen molar-refractivity contribution in [3.05, 3.63) is 29.8 Å². The average Bonchev–Trinajstić information content (AvgIpc) is 2.55. The van der Waals surface area contributed by atoms with Crippen LogP contribution in [-0.4, -0.2) is 42.3 Å². The van der Waals surface area contributed by atoms with Crippen LogP contribution in [0.15, 0.2) is 24.3 Å².